The molecular formula is C18H22N4O4S. The van der Waals surface area contributed by atoms with Gasteiger partial charge in [0.1, 0.15) is 0 Å². The molecule has 0 saturated carbocycles. The number of carbonyl (C=O) groups excluding carboxylic acids is 2. The van der Waals surface area contributed by atoms with Crippen LogP contribution >= 0.6 is 0 Å². The van der Waals surface area contributed by atoms with Gasteiger partial charge in [-0.2, -0.15) is 5.10 Å². The monoisotopic (exact) mass is 390 g/mol. The lowest BCUT2D eigenvalue weighted by Crippen LogP contribution is -2.45. The zero-order valence-electron chi connectivity index (χ0n) is 15.2. The third-order valence-corrected chi connectivity index (χ3v) is 6.45. The summed E-state index contributed by atoms with van der Waals surface area (Å²) in [6, 6.07) is 9.76. The molecule has 2 aromatic rings. The molecule has 1 atom stereocenters. The molecule has 2 heterocycles. The molecule has 1 fully saturated rings. The zero-order valence-corrected chi connectivity index (χ0v) is 16.0. The molecule has 0 unspecified atom stereocenters. The number of nitrogens with one attached hydrogen (secondary N) is 2. The highest BCUT2D eigenvalue weighted by atomic mass is 32.2. The molecule has 1 aromatic heterocycles. The van der Waals surface area contributed by atoms with Crippen molar-refractivity contribution in [3.63, 3.8) is 0 Å². The maximum atomic E-state index is 12.5. The van der Waals surface area contributed by atoms with Crippen LogP contribution in [0.3, 0.4) is 0 Å². The lowest BCUT2D eigenvalue weighted by Gasteiger charge is -2.11. The van der Waals surface area contributed by atoms with Crippen molar-refractivity contribution in [2.75, 3.05) is 11.5 Å². The molecular weight excluding hydrogens is 368 g/mol. The maximum Gasteiger partial charge on any atom is 0.273 e. The second-order valence-electron chi connectivity index (χ2n) is 6.73. The number of benzene rings is 1. The summed E-state index contributed by atoms with van der Waals surface area (Å²) in [5.74, 6) is -1.76. The fraction of sp³-hybridized carbons (Fsp3) is 0.389. The molecule has 0 radical (unpaired) electrons. The third-order valence-electron chi connectivity index (χ3n) is 4.69. The molecule has 1 aliphatic heterocycles. The average molecular weight is 390 g/mol. The number of hydrogen-bond acceptors (Lipinski definition) is 5. The highest BCUT2D eigenvalue weighted by Crippen LogP contribution is 2.18. The van der Waals surface area contributed by atoms with Gasteiger partial charge < -0.3 is 0 Å². The number of carbonyl (C=O) groups is 2. The van der Waals surface area contributed by atoms with E-state index in [9.17, 15) is 18.0 Å². The fourth-order valence-corrected chi connectivity index (χ4v) is 4.96. The number of hydrazine groups is 1. The third kappa shape index (κ3) is 4.36. The highest BCUT2D eigenvalue weighted by Gasteiger charge is 2.33. The van der Waals surface area contributed by atoms with Crippen LogP contribution in [0.15, 0.2) is 30.3 Å². The van der Waals surface area contributed by atoms with Crippen LogP contribution in [0, 0.1) is 19.8 Å². The Morgan fingerprint density at radius 1 is 1.19 bits per heavy atom. The molecule has 1 aromatic carbocycles. The quantitative estimate of drug-likeness (QED) is 0.749. The number of aryl methyl sites for hydroxylation is 1. The first-order chi connectivity index (χ1) is 12.8. The topological polar surface area (TPSA) is 110 Å². The lowest BCUT2D eigenvalue weighted by atomic mass is 10.1. The van der Waals surface area contributed by atoms with Gasteiger partial charge in [-0.25, -0.2) is 8.42 Å². The molecule has 9 heteroatoms. The van der Waals surface area contributed by atoms with Gasteiger partial charge in [0.25, 0.3) is 5.91 Å². The minimum Gasteiger partial charge on any atom is -0.273 e. The molecule has 8 nitrogen and oxygen atoms in total. The van der Waals surface area contributed by atoms with Gasteiger partial charge in [0, 0.05) is 5.69 Å². The Bertz CT molecular complexity index is 967. The predicted octanol–water partition coefficient (Wildman–Crippen LogP) is 0.744. The van der Waals surface area contributed by atoms with Gasteiger partial charge in [0.05, 0.1) is 35.2 Å². The van der Waals surface area contributed by atoms with Gasteiger partial charge in [-0.15, -0.1) is 0 Å². The van der Waals surface area contributed by atoms with E-state index in [0.717, 1.165) is 5.56 Å². The van der Waals surface area contributed by atoms with E-state index in [2.05, 4.69) is 16.0 Å². The van der Waals surface area contributed by atoms with Crippen molar-refractivity contribution >= 4 is 21.7 Å². The first-order valence-corrected chi connectivity index (χ1v) is 10.5. The Morgan fingerprint density at radius 2 is 1.89 bits per heavy atom. The Balaban J connectivity index is 1.65. The molecule has 2 N–H and O–H groups in total. The largest absolute Gasteiger partial charge is 0.273 e. The summed E-state index contributed by atoms with van der Waals surface area (Å²) in [6.07, 6.45) is 0.275. The van der Waals surface area contributed by atoms with Crippen LogP contribution in [0.5, 0.6) is 0 Å². The van der Waals surface area contributed by atoms with Gasteiger partial charge in [-0.1, -0.05) is 30.3 Å². The number of rotatable bonds is 4. The van der Waals surface area contributed by atoms with Crippen molar-refractivity contribution < 1.29 is 18.0 Å². The SMILES string of the molecule is Cc1nn(Cc2ccccc2)c(C)c1C(=O)NNC(=O)[C@@H]1CCS(=O)(=O)C1. The Hall–Kier alpha value is -2.68. The normalized spacial score (nSPS) is 18.2. The van der Waals surface area contributed by atoms with E-state index in [1.54, 1.807) is 18.5 Å². The predicted molar refractivity (Wildman–Crippen MR) is 99.6 cm³/mol. The van der Waals surface area contributed by atoms with Gasteiger partial charge in [-0.3, -0.25) is 25.1 Å². The summed E-state index contributed by atoms with van der Waals surface area (Å²) in [4.78, 5) is 24.6. The van der Waals surface area contributed by atoms with E-state index in [1.807, 2.05) is 30.3 Å². The van der Waals surface area contributed by atoms with E-state index in [1.165, 1.54) is 0 Å². The van der Waals surface area contributed by atoms with Crippen molar-refractivity contribution in [3.8, 4) is 0 Å². The highest BCUT2D eigenvalue weighted by molar-refractivity contribution is 7.91. The Kier molecular flexibility index (Phi) is 5.31. The summed E-state index contributed by atoms with van der Waals surface area (Å²) in [7, 11) is -3.16. The molecule has 3 rings (SSSR count). The number of amides is 2. The molecule has 1 saturated heterocycles. The summed E-state index contributed by atoms with van der Waals surface area (Å²) in [5.41, 5.74) is 7.40. The minimum atomic E-state index is -3.16. The minimum absolute atomic E-state index is 0.00348. The maximum absolute atomic E-state index is 12.5. The smallest absolute Gasteiger partial charge is 0.273 e. The first-order valence-electron chi connectivity index (χ1n) is 8.65. The van der Waals surface area contributed by atoms with Gasteiger partial charge >= 0.3 is 0 Å². The van der Waals surface area contributed by atoms with Crippen molar-refractivity contribution in [2.24, 2.45) is 5.92 Å². The van der Waals surface area contributed by atoms with E-state index in [0.29, 0.717) is 23.5 Å². The number of nitrogens with zero attached hydrogens (tertiary/aromatic N) is 2. The van der Waals surface area contributed by atoms with Gasteiger partial charge in [0.2, 0.25) is 5.91 Å². The van der Waals surface area contributed by atoms with Crippen LogP contribution in [0.1, 0.15) is 33.7 Å². The standard InChI is InChI=1S/C18H22N4O4S/c1-12-16(13(2)22(21-12)10-14-6-4-3-5-7-14)18(24)20-19-17(23)15-8-9-27(25,26)11-15/h3-7,15H,8-11H2,1-2H3,(H,19,23)(H,20,24)/t15-/m1/s1. The number of sulfone groups is 1. The summed E-state index contributed by atoms with van der Waals surface area (Å²) in [6.45, 7) is 4.06. The van der Waals surface area contributed by atoms with E-state index in [-0.39, 0.29) is 17.9 Å². The summed E-state index contributed by atoms with van der Waals surface area (Å²) >= 11 is 0. The molecule has 0 spiro atoms. The Labute approximate surface area is 157 Å². The van der Waals surface area contributed by atoms with Crippen LogP contribution in [-0.4, -0.2) is 41.5 Å². The van der Waals surface area contributed by atoms with Crippen LogP contribution in [0.4, 0.5) is 0 Å². The van der Waals surface area contributed by atoms with Crippen molar-refractivity contribution in [2.45, 2.75) is 26.8 Å². The second kappa shape index (κ2) is 7.51. The first kappa shape index (κ1) is 19.1. The average Bonchev–Trinajstić information content (AvgIpc) is 3.12. The van der Waals surface area contributed by atoms with Gasteiger partial charge in [0.15, 0.2) is 9.84 Å². The Morgan fingerprint density at radius 3 is 2.52 bits per heavy atom. The van der Waals surface area contributed by atoms with Crippen LogP contribution in [-0.2, 0) is 21.2 Å². The molecule has 0 bridgehead atoms. The number of hydrogen-bond donors (Lipinski definition) is 2. The number of aromatic nitrogens is 2. The van der Waals surface area contributed by atoms with Crippen molar-refractivity contribution in [1.82, 2.24) is 20.6 Å². The summed E-state index contributed by atoms with van der Waals surface area (Å²) in [5, 5.41) is 4.41. The summed E-state index contributed by atoms with van der Waals surface area (Å²) < 4.78 is 24.7. The van der Waals surface area contributed by atoms with Crippen molar-refractivity contribution in [3.05, 3.63) is 52.8 Å². The van der Waals surface area contributed by atoms with E-state index in [4.69, 9.17) is 0 Å². The van der Waals surface area contributed by atoms with Gasteiger partial charge in [-0.05, 0) is 25.8 Å². The van der Waals surface area contributed by atoms with Crippen LogP contribution in [0.25, 0.3) is 0 Å². The van der Waals surface area contributed by atoms with Crippen molar-refractivity contribution in [1.29, 1.82) is 0 Å². The molecule has 0 aliphatic carbocycles. The second-order valence-corrected chi connectivity index (χ2v) is 8.96. The van der Waals surface area contributed by atoms with Crippen LogP contribution in [0.2, 0.25) is 0 Å². The molecule has 144 valence electrons. The fourth-order valence-electron chi connectivity index (χ4n) is 3.22. The lowest BCUT2D eigenvalue weighted by molar-refractivity contribution is -0.125. The zero-order chi connectivity index (χ0) is 19.6. The van der Waals surface area contributed by atoms with E-state index < -0.39 is 27.6 Å². The molecule has 27 heavy (non-hydrogen) atoms. The van der Waals surface area contributed by atoms with E-state index >= 15 is 0 Å². The molecule has 1 aliphatic rings. The molecule has 2 amide bonds. The van der Waals surface area contributed by atoms with Crippen LogP contribution < -0.4 is 10.9 Å².